The fraction of sp³-hybridized carbons (Fsp3) is 0.188. The minimum absolute atomic E-state index is 0.0340. The van der Waals surface area contributed by atoms with Gasteiger partial charge in [-0.15, -0.1) is 0 Å². The highest BCUT2D eigenvalue weighted by Gasteiger charge is 2.32. The molecule has 0 fully saturated rings. The Balaban J connectivity index is 1.48. The van der Waals surface area contributed by atoms with E-state index in [1.807, 2.05) is 39.0 Å². The highest BCUT2D eigenvalue weighted by atomic mass is 16.5. The summed E-state index contributed by atoms with van der Waals surface area (Å²) in [4.78, 5) is 13.1. The second kappa shape index (κ2) is 10.5. The Hall–Kier alpha value is -5.16. The molecule has 5 rings (SSSR count). The first-order chi connectivity index (χ1) is 19.2. The van der Waals surface area contributed by atoms with Crippen LogP contribution in [0.5, 0.6) is 23.0 Å². The molecule has 1 unspecified atom stereocenters. The second-order valence-electron chi connectivity index (χ2n) is 9.51. The third-order valence-electron chi connectivity index (χ3n) is 7.02. The van der Waals surface area contributed by atoms with Gasteiger partial charge < -0.3 is 29.1 Å². The third kappa shape index (κ3) is 4.63. The van der Waals surface area contributed by atoms with E-state index in [9.17, 15) is 10.1 Å². The number of benzene rings is 3. The summed E-state index contributed by atoms with van der Waals surface area (Å²) in [5, 5.41) is 10.8. The maximum absolute atomic E-state index is 13.1. The van der Waals surface area contributed by atoms with Gasteiger partial charge in [-0.25, -0.2) is 4.79 Å². The van der Waals surface area contributed by atoms with Crippen LogP contribution in [-0.4, -0.2) is 19.7 Å². The van der Waals surface area contributed by atoms with Crippen molar-refractivity contribution in [2.45, 2.75) is 26.7 Å². The number of aryl methyl sites for hydroxylation is 3. The molecule has 0 saturated carbocycles. The molecule has 8 heteroatoms. The van der Waals surface area contributed by atoms with Gasteiger partial charge in [-0.05, 0) is 67.8 Å². The lowest BCUT2D eigenvalue weighted by molar-refractivity contribution is 0.0702. The highest BCUT2D eigenvalue weighted by Crippen LogP contribution is 2.45. The van der Waals surface area contributed by atoms with Crippen molar-refractivity contribution < 1.29 is 28.2 Å². The molecule has 1 atom stereocenters. The Morgan fingerprint density at radius 3 is 2.60 bits per heavy atom. The van der Waals surface area contributed by atoms with Gasteiger partial charge in [-0.3, -0.25) is 0 Å². The van der Waals surface area contributed by atoms with Gasteiger partial charge >= 0.3 is 5.97 Å². The van der Waals surface area contributed by atoms with Crippen molar-refractivity contribution in [2.75, 3.05) is 13.7 Å². The summed E-state index contributed by atoms with van der Waals surface area (Å²) >= 11 is 0. The first kappa shape index (κ1) is 26.4. The Morgan fingerprint density at radius 1 is 1.10 bits per heavy atom. The van der Waals surface area contributed by atoms with Crippen LogP contribution in [0.1, 0.15) is 44.3 Å². The van der Waals surface area contributed by atoms with E-state index in [0.29, 0.717) is 40.6 Å². The largest absolute Gasteiger partial charge is 0.493 e. The number of rotatable bonds is 7. The van der Waals surface area contributed by atoms with E-state index in [1.165, 1.54) is 0 Å². The first-order valence-electron chi connectivity index (χ1n) is 12.6. The average Bonchev–Trinajstić information content (AvgIpc) is 3.26. The van der Waals surface area contributed by atoms with Gasteiger partial charge in [-0.2, -0.15) is 5.26 Å². The molecule has 0 saturated heterocycles. The Labute approximate surface area is 231 Å². The number of nitrogens with zero attached hydrogens (tertiary/aromatic N) is 1. The minimum Gasteiger partial charge on any atom is -0.493 e. The highest BCUT2D eigenvalue weighted by molar-refractivity contribution is 5.97. The number of esters is 1. The quantitative estimate of drug-likeness (QED) is 0.165. The predicted molar refractivity (Wildman–Crippen MR) is 150 cm³/mol. The van der Waals surface area contributed by atoms with Crippen molar-refractivity contribution in [3.63, 3.8) is 0 Å². The van der Waals surface area contributed by atoms with Crippen molar-refractivity contribution >= 4 is 16.9 Å². The van der Waals surface area contributed by atoms with Crippen LogP contribution < -0.4 is 24.7 Å². The maximum Gasteiger partial charge on any atom is 0.379 e. The molecule has 2 heterocycles. The molecule has 0 radical (unpaired) electrons. The van der Waals surface area contributed by atoms with E-state index in [2.05, 4.69) is 12.6 Å². The molecule has 8 nitrogen and oxygen atoms in total. The van der Waals surface area contributed by atoms with E-state index < -0.39 is 11.9 Å². The van der Waals surface area contributed by atoms with Crippen LogP contribution in [0.15, 0.2) is 77.1 Å². The van der Waals surface area contributed by atoms with Gasteiger partial charge in [0, 0.05) is 22.6 Å². The van der Waals surface area contributed by atoms with E-state index in [-0.39, 0.29) is 23.0 Å². The first-order valence-corrected chi connectivity index (χ1v) is 12.6. The summed E-state index contributed by atoms with van der Waals surface area (Å²) in [7, 11) is 1.54. The fourth-order valence-electron chi connectivity index (χ4n) is 4.80. The lowest BCUT2D eigenvalue weighted by Gasteiger charge is -2.27. The van der Waals surface area contributed by atoms with Gasteiger partial charge in [0.15, 0.2) is 11.5 Å². The Morgan fingerprint density at radius 2 is 1.88 bits per heavy atom. The number of methoxy groups -OCH3 is 1. The molecule has 2 N–H and O–H groups in total. The normalized spacial score (nSPS) is 14.2. The molecule has 0 amide bonds. The average molecular weight is 537 g/mol. The predicted octanol–water partition coefficient (Wildman–Crippen LogP) is 6.37. The monoisotopic (exact) mass is 536 g/mol. The van der Waals surface area contributed by atoms with E-state index in [4.69, 9.17) is 29.1 Å². The van der Waals surface area contributed by atoms with Crippen LogP contribution in [0, 0.1) is 32.1 Å². The van der Waals surface area contributed by atoms with Crippen LogP contribution in [0.4, 0.5) is 0 Å². The summed E-state index contributed by atoms with van der Waals surface area (Å²) in [6.07, 6.45) is 1.64. The zero-order valence-electron chi connectivity index (χ0n) is 22.7. The molecular formula is C32H28N2O6. The molecular weight excluding hydrogens is 508 g/mol. The molecule has 1 aliphatic heterocycles. The van der Waals surface area contributed by atoms with Crippen LogP contribution in [0.3, 0.4) is 0 Å². The van der Waals surface area contributed by atoms with Crippen molar-refractivity contribution in [1.29, 1.82) is 5.26 Å². The molecule has 1 aliphatic rings. The van der Waals surface area contributed by atoms with Gasteiger partial charge in [0.2, 0.25) is 11.6 Å². The topological polar surface area (TPSA) is 117 Å². The van der Waals surface area contributed by atoms with Crippen LogP contribution in [0.25, 0.3) is 11.0 Å². The molecule has 4 aromatic rings. The van der Waals surface area contributed by atoms with E-state index in [1.54, 1.807) is 43.5 Å². The molecule has 202 valence electrons. The van der Waals surface area contributed by atoms with Crippen molar-refractivity contribution in [1.82, 2.24) is 0 Å². The number of furan rings is 1. The summed E-state index contributed by atoms with van der Waals surface area (Å²) < 4.78 is 28.5. The molecule has 40 heavy (non-hydrogen) atoms. The summed E-state index contributed by atoms with van der Waals surface area (Å²) in [6, 6.07) is 16.5. The van der Waals surface area contributed by atoms with Crippen molar-refractivity contribution in [3.05, 3.63) is 106 Å². The van der Waals surface area contributed by atoms with Crippen molar-refractivity contribution in [2.24, 2.45) is 5.73 Å². The van der Waals surface area contributed by atoms with Crippen LogP contribution in [0.2, 0.25) is 0 Å². The van der Waals surface area contributed by atoms with Gasteiger partial charge in [-0.1, -0.05) is 24.8 Å². The SMILES string of the molecule is C=CCOc1ccc(C2C(C#N)=C(N)Oc3cc(OC(=O)c4oc5cc(C)c(C)cc5c4C)ccc32)cc1OC. The molecule has 0 aliphatic carbocycles. The number of nitriles is 1. The number of nitrogens with two attached hydrogens (primary N) is 1. The van der Waals surface area contributed by atoms with Crippen LogP contribution >= 0.6 is 0 Å². The molecule has 1 aromatic heterocycles. The molecule has 0 bridgehead atoms. The number of ether oxygens (including phenoxy) is 4. The number of fused-ring (bicyclic) bond motifs is 2. The standard InChI is InChI=1S/C32H28N2O6/c1-6-11-37-25-10-7-20(14-28(25)36-5)29-22-9-8-21(15-27(22)40-31(34)24(29)16-33)38-32(35)30-19(4)23-12-17(2)18(3)13-26(23)39-30/h6-10,12-15,29H,1,11,34H2,2-5H3. The Bertz CT molecular complexity index is 1740. The lowest BCUT2D eigenvalue weighted by Crippen LogP contribution is -2.21. The third-order valence-corrected chi connectivity index (χ3v) is 7.02. The van der Waals surface area contributed by atoms with Gasteiger partial charge in [0.1, 0.15) is 35.3 Å². The van der Waals surface area contributed by atoms with E-state index in [0.717, 1.165) is 22.1 Å². The number of carbonyl (C=O) groups excluding carboxylic acids is 1. The van der Waals surface area contributed by atoms with Crippen molar-refractivity contribution in [3.8, 4) is 29.1 Å². The molecule has 0 spiro atoms. The maximum atomic E-state index is 13.1. The number of allylic oxidation sites excluding steroid dienone is 1. The summed E-state index contributed by atoms with van der Waals surface area (Å²) in [5.74, 6) is 0.589. The number of hydrogen-bond acceptors (Lipinski definition) is 8. The van der Waals surface area contributed by atoms with E-state index >= 15 is 0 Å². The lowest BCUT2D eigenvalue weighted by atomic mass is 9.83. The minimum atomic E-state index is -0.627. The Kier molecular flexibility index (Phi) is 6.97. The number of carbonyl (C=O) groups is 1. The van der Waals surface area contributed by atoms with Crippen LogP contribution in [-0.2, 0) is 0 Å². The van der Waals surface area contributed by atoms with Gasteiger partial charge in [0.25, 0.3) is 0 Å². The summed E-state index contributed by atoms with van der Waals surface area (Å²) in [6.45, 7) is 9.82. The second-order valence-corrected chi connectivity index (χ2v) is 9.51. The smallest absolute Gasteiger partial charge is 0.379 e. The zero-order valence-corrected chi connectivity index (χ0v) is 22.7. The zero-order chi connectivity index (χ0) is 28.6. The van der Waals surface area contributed by atoms with Gasteiger partial charge in [0.05, 0.1) is 13.0 Å². The summed E-state index contributed by atoms with van der Waals surface area (Å²) in [5.41, 5.74) is 11.4. The number of hydrogen-bond donors (Lipinski definition) is 1. The fourth-order valence-corrected chi connectivity index (χ4v) is 4.80. The molecule has 3 aromatic carbocycles.